The highest BCUT2D eigenvalue weighted by Crippen LogP contribution is 2.38. The van der Waals surface area contributed by atoms with Gasteiger partial charge in [-0.25, -0.2) is 13.8 Å². The number of nitrogens with zero attached hydrogens (tertiary/aromatic N) is 1. The van der Waals surface area contributed by atoms with E-state index in [4.69, 9.17) is 0 Å². The van der Waals surface area contributed by atoms with Gasteiger partial charge in [-0.3, -0.25) is 0 Å². The average Bonchev–Trinajstić information content (AvgIpc) is 2.88. The smallest absolute Gasteiger partial charge is 0.361 e. The molecule has 0 spiro atoms. The third-order valence-corrected chi connectivity index (χ3v) is 4.38. The first-order valence-electron chi connectivity index (χ1n) is 6.73. The molecule has 0 aliphatic heterocycles. The molecule has 2 nitrogen and oxygen atoms in total. The van der Waals surface area contributed by atoms with E-state index in [-0.39, 0.29) is 11.6 Å². The fraction of sp³-hybridized carbons (Fsp3) is 0.267. The SMILES string of the molecule is Fc1cc(C(F)(F)F)cnc1NC1CCc2c1ccc(Br)c2F. The maximum atomic E-state index is 14.0. The van der Waals surface area contributed by atoms with E-state index in [0.717, 1.165) is 0 Å². The van der Waals surface area contributed by atoms with E-state index in [2.05, 4.69) is 26.2 Å². The van der Waals surface area contributed by atoms with Gasteiger partial charge >= 0.3 is 6.18 Å². The van der Waals surface area contributed by atoms with Crippen molar-refractivity contribution >= 4 is 21.7 Å². The Balaban J connectivity index is 1.87. The molecule has 1 heterocycles. The molecule has 0 saturated heterocycles. The monoisotopic (exact) mass is 392 g/mol. The number of pyridine rings is 1. The standard InChI is InChI=1S/C15H10BrF5N2/c16-10-3-1-8-9(13(10)18)2-4-12(8)23-14-11(17)5-7(6-22-14)15(19,20)21/h1,3,5-6,12H,2,4H2,(H,22,23). The highest BCUT2D eigenvalue weighted by atomic mass is 79.9. The molecule has 1 aliphatic rings. The third-order valence-electron chi connectivity index (χ3n) is 3.77. The molecule has 8 heteroatoms. The van der Waals surface area contributed by atoms with E-state index in [1.165, 1.54) is 0 Å². The molecule has 1 N–H and O–H groups in total. The number of anilines is 1. The van der Waals surface area contributed by atoms with Crippen molar-refractivity contribution in [2.45, 2.75) is 25.1 Å². The highest BCUT2D eigenvalue weighted by Gasteiger charge is 2.32. The molecule has 0 radical (unpaired) electrons. The number of nitrogens with one attached hydrogen (secondary N) is 1. The van der Waals surface area contributed by atoms with Gasteiger partial charge in [0.25, 0.3) is 0 Å². The van der Waals surface area contributed by atoms with Crippen LogP contribution in [-0.4, -0.2) is 4.98 Å². The first-order chi connectivity index (χ1) is 10.8. The summed E-state index contributed by atoms with van der Waals surface area (Å²) in [5.74, 6) is -1.74. The number of alkyl halides is 3. The number of hydrogen-bond donors (Lipinski definition) is 1. The Morgan fingerprint density at radius 2 is 1.96 bits per heavy atom. The summed E-state index contributed by atoms with van der Waals surface area (Å²) in [6, 6.07) is 3.25. The first kappa shape index (κ1) is 16.2. The fourth-order valence-electron chi connectivity index (χ4n) is 2.65. The molecule has 0 fully saturated rings. The van der Waals surface area contributed by atoms with Crippen LogP contribution >= 0.6 is 15.9 Å². The Kier molecular flexibility index (Phi) is 4.03. The van der Waals surface area contributed by atoms with Gasteiger partial charge in [0.1, 0.15) is 5.82 Å². The van der Waals surface area contributed by atoms with Gasteiger partial charge < -0.3 is 5.32 Å². The van der Waals surface area contributed by atoms with E-state index < -0.39 is 23.6 Å². The number of halogens is 6. The molecule has 1 atom stereocenters. The minimum absolute atomic E-state index is 0.279. The molecule has 1 aromatic heterocycles. The van der Waals surface area contributed by atoms with Gasteiger partial charge in [0, 0.05) is 6.20 Å². The molecular formula is C15H10BrF5N2. The van der Waals surface area contributed by atoms with E-state index >= 15 is 0 Å². The molecule has 2 aromatic rings. The van der Waals surface area contributed by atoms with Crippen LogP contribution in [0.1, 0.15) is 29.2 Å². The molecule has 1 aliphatic carbocycles. The number of benzene rings is 1. The fourth-order valence-corrected chi connectivity index (χ4v) is 3.02. The van der Waals surface area contributed by atoms with E-state index in [9.17, 15) is 22.0 Å². The zero-order chi connectivity index (χ0) is 16.8. The summed E-state index contributed by atoms with van der Waals surface area (Å²) < 4.78 is 65.7. The van der Waals surface area contributed by atoms with Crippen LogP contribution in [0.15, 0.2) is 28.9 Å². The summed E-state index contributed by atoms with van der Waals surface area (Å²) in [5.41, 5.74) is 0.0262. The molecule has 3 rings (SSSR count). The molecule has 1 unspecified atom stereocenters. The second kappa shape index (κ2) is 5.74. The number of hydrogen-bond acceptors (Lipinski definition) is 2. The summed E-state index contributed by atoms with van der Waals surface area (Å²) in [6.07, 6.45) is -3.11. The van der Waals surface area contributed by atoms with Crippen LogP contribution in [0.5, 0.6) is 0 Å². The van der Waals surface area contributed by atoms with Gasteiger partial charge in [-0.15, -0.1) is 0 Å². The molecule has 23 heavy (non-hydrogen) atoms. The van der Waals surface area contributed by atoms with E-state index in [1.54, 1.807) is 12.1 Å². The van der Waals surface area contributed by atoms with Crippen molar-refractivity contribution in [1.82, 2.24) is 4.98 Å². The van der Waals surface area contributed by atoms with Gasteiger partial charge in [-0.1, -0.05) is 6.07 Å². The van der Waals surface area contributed by atoms with Gasteiger partial charge in [-0.05, 0) is 52.0 Å². The predicted molar refractivity (Wildman–Crippen MR) is 78.0 cm³/mol. The summed E-state index contributed by atoms with van der Waals surface area (Å²) in [5, 5.41) is 2.76. The van der Waals surface area contributed by atoms with Crippen molar-refractivity contribution in [2.75, 3.05) is 5.32 Å². The molecule has 0 bridgehead atoms. The molecule has 122 valence electrons. The topological polar surface area (TPSA) is 24.9 Å². The van der Waals surface area contributed by atoms with Gasteiger partial charge in [0.05, 0.1) is 16.1 Å². The second-order valence-electron chi connectivity index (χ2n) is 5.22. The van der Waals surface area contributed by atoms with Crippen molar-refractivity contribution in [1.29, 1.82) is 0 Å². The first-order valence-corrected chi connectivity index (χ1v) is 7.52. The molecule has 0 saturated carbocycles. The largest absolute Gasteiger partial charge is 0.417 e. The molecule has 0 amide bonds. The lowest BCUT2D eigenvalue weighted by Crippen LogP contribution is -2.12. The lowest BCUT2D eigenvalue weighted by Gasteiger charge is -2.16. The van der Waals surface area contributed by atoms with Gasteiger partial charge in [0.15, 0.2) is 11.6 Å². The van der Waals surface area contributed by atoms with Crippen LogP contribution in [0.3, 0.4) is 0 Å². The van der Waals surface area contributed by atoms with Gasteiger partial charge in [0.2, 0.25) is 0 Å². The summed E-state index contributed by atoms with van der Waals surface area (Å²) in [6.45, 7) is 0. The van der Waals surface area contributed by atoms with E-state index in [1.807, 2.05) is 0 Å². The zero-order valence-electron chi connectivity index (χ0n) is 11.5. The van der Waals surface area contributed by atoms with Crippen LogP contribution < -0.4 is 5.32 Å². The Morgan fingerprint density at radius 3 is 2.61 bits per heavy atom. The zero-order valence-corrected chi connectivity index (χ0v) is 13.1. The Labute approximate surface area is 136 Å². The van der Waals surface area contributed by atoms with Crippen LogP contribution in [0, 0.1) is 11.6 Å². The van der Waals surface area contributed by atoms with Gasteiger partial charge in [-0.2, -0.15) is 13.2 Å². The minimum atomic E-state index is -4.65. The highest BCUT2D eigenvalue weighted by molar-refractivity contribution is 9.10. The van der Waals surface area contributed by atoms with Crippen LogP contribution in [-0.2, 0) is 12.6 Å². The van der Waals surface area contributed by atoms with Crippen molar-refractivity contribution in [3.8, 4) is 0 Å². The Bertz CT molecular complexity index is 760. The predicted octanol–water partition coefficient (Wildman–Crippen LogP) is 5.24. The van der Waals surface area contributed by atoms with Crippen molar-refractivity contribution < 1.29 is 22.0 Å². The molecule has 1 aromatic carbocycles. The van der Waals surface area contributed by atoms with Crippen molar-refractivity contribution in [3.63, 3.8) is 0 Å². The number of rotatable bonds is 2. The van der Waals surface area contributed by atoms with Crippen LogP contribution in [0.2, 0.25) is 0 Å². The summed E-state index contributed by atoms with van der Waals surface area (Å²) in [4.78, 5) is 3.51. The third kappa shape index (κ3) is 3.04. The lowest BCUT2D eigenvalue weighted by molar-refractivity contribution is -0.138. The maximum absolute atomic E-state index is 14.0. The number of aromatic nitrogens is 1. The Morgan fingerprint density at radius 1 is 1.22 bits per heavy atom. The average molecular weight is 393 g/mol. The molecular weight excluding hydrogens is 383 g/mol. The van der Waals surface area contributed by atoms with Crippen molar-refractivity contribution in [2.24, 2.45) is 0 Å². The summed E-state index contributed by atoms with van der Waals surface area (Å²) in [7, 11) is 0. The normalized spacial score (nSPS) is 17.2. The van der Waals surface area contributed by atoms with Crippen LogP contribution in [0.25, 0.3) is 0 Å². The number of fused-ring (bicyclic) bond motifs is 1. The maximum Gasteiger partial charge on any atom is 0.417 e. The second-order valence-corrected chi connectivity index (χ2v) is 6.07. The summed E-state index contributed by atoms with van der Waals surface area (Å²) >= 11 is 3.10. The van der Waals surface area contributed by atoms with Crippen molar-refractivity contribution in [3.05, 3.63) is 57.2 Å². The quantitative estimate of drug-likeness (QED) is 0.706. The Hall–Kier alpha value is -1.70. The van der Waals surface area contributed by atoms with E-state index in [0.29, 0.717) is 40.7 Å². The van der Waals surface area contributed by atoms with Crippen LogP contribution in [0.4, 0.5) is 27.8 Å². The minimum Gasteiger partial charge on any atom is -0.361 e. The lowest BCUT2D eigenvalue weighted by atomic mass is 10.1.